The number of carbonyl (C=O) groups is 2. The van der Waals surface area contributed by atoms with Crippen LogP contribution in [-0.2, 0) is 38.7 Å². The van der Waals surface area contributed by atoms with Gasteiger partial charge in [0.25, 0.3) is 0 Å². The molecule has 33 heavy (non-hydrogen) atoms. The van der Waals surface area contributed by atoms with E-state index in [1.54, 1.807) is 44.2 Å². The Kier molecular flexibility index (Phi) is 7.04. The van der Waals surface area contributed by atoms with Gasteiger partial charge in [-0.2, -0.15) is 0 Å². The highest BCUT2D eigenvalue weighted by atomic mass is 32.2. The van der Waals surface area contributed by atoms with Crippen molar-refractivity contribution in [3.8, 4) is 0 Å². The lowest BCUT2D eigenvalue weighted by molar-refractivity contribution is -0.163. The van der Waals surface area contributed by atoms with E-state index in [4.69, 9.17) is 4.74 Å². The van der Waals surface area contributed by atoms with E-state index in [2.05, 4.69) is 10.1 Å². The normalized spacial score (nSPS) is 26.4. The first-order valence-corrected chi connectivity index (χ1v) is 13.7. The molecule has 1 N–H and O–H groups in total. The summed E-state index contributed by atoms with van der Waals surface area (Å²) in [4.78, 5) is 23.9. The molecule has 0 bridgehead atoms. The Morgan fingerprint density at radius 2 is 1.70 bits per heavy atom. The second-order valence-electron chi connectivity index (χ2n) is 8.32. The summed E-state index contributed by atoms with van der Waals surface area (Å²) in [5.41, 5.74) is 0.805. The van der Waals surface area contributed by atoms with Crippen molar-refractivity contribution in [1.29, 1.82) is 0 Å². The van der Waals surface area contributed by atoms with Crippen LogP contribution in [0.25, 0.3) is 0 Å². The van der Waals surface area contributed by atoms with Crippen molar-refractivity contribution in [2.24, 2.45) is 5.92 Å². The average Bonchev–Trinajstić information content (AvgIpc) is 2.71. The quantitative estimate of drug-likeness (QED) is 0.488. The van der Waals surface area contributed by atoms with Crippen molar-refractivity contribution in [2.45, 2.75) is 38.9 Å². The highest BCUT2D eigenvalue weighted by Gasteiger charge is 2.46. The number of dihydropyridines is 1. The molecule has 11 heteroatoms. The van der Waals surface area contributed by atoms with Crippen molar-refractivity contribution in [3.63, 3.8) is 0 Å². The third-order valence-electron chi connectivity index (χ3n) is 5.87. The zero-order valence-electron chi connectivity index (χ0n) is 18.8. The van der Waals surface area contributed by atoms with Gasteiger partial charge in [-0.25, -0.2) is 21.6 Å². The molecule has 0 aromatic heterocycles. The molecule has 2 heterocycles. The maximum absolute atomic E-state index is 13.8. The zero-order valence-corrected chi connectivity index (χ0v) is 20.5. The van der Waals surface area contributed by atoms with E-state index >= 15 is 0 Å². The summed E-state index contributed by atoms with van der Waals surface area (Å²) in [5.74, 6) is -3.99. The van der Waals surface area contributed by atoms with Gasteiger partial charge in [0.05, 0.1) is 33.2 Å². The lowest BCUT2D eigenvalue weighted by Crippen LogP contribution is -2.42. The molecule has 1 aromatic rings. The molecule has 2 aliphatic rings. The number of sulfone groups is 2. The van der Waals surface area contributed by atoms with Crippen LogP contribution in [-0.4, -0.2) is 52.3 Å². The summed E-state index contributed by atoms with van der Waals surface area (Å²) >= 11 is 0. The van der Waals surface area contributed by atoms with Crippen LogP contribution in [0.4, 0.5) is 0 Å². The molecule has 9 nitrogen and oxygen atoms in total. The first kappa shape index (κ1) is 25.0. The van der Waals surface area contributed by atoms with Crippen LogP contribution < -0.4 is 5.32 Å². The van der Waals surface area contributed by atoms with Gasteiger partial charge in [-0.15, -0.1) is 0 Å². The fraction of sp³-hybridized carbons (Fsp3) is 0.455. The van der Waals surface area contributed by atoms with Crippen molar-refractivity contribution >= 4 is 31.6 Å². The topological polar surface area (TPSA) is 133 Å². The fourth-order valence-electron chi connectivity index (χ4n) is 4.12. The lowest BCUT2D eigenvalue weighted by Gasteiger charge is -2.36. The summed E-state index contributed by atoms with van der Waals surface area (Å²) in [5, 5.41) is 1.86. The molecule has 0 saturated carbocycles. The minimum atomic E-state index is -4.02. The smallest absolute Gasteiger partial charge is 0.339 e. The number of rotatable bonds is 4. The Hall–Kier alpha value is -2.66. The molecule has 0 saturated heterocycles. The molecular formula is C22H27NO8S2. The number of benzene rings is 1. The van der Waals surface area contributed by atoms with Gasteiger partial charge >= 0.3 is 11.9 Å². The first-order chi connectivity index (χ1) is 15.3. The Morgan fingerprint density at radius 3 is 2.30 bits per heavy atom. The van der Waals surface area contributed by atoms with Crippen LogP contribution in [0.3, 0.4) is 0 Å². The maximum Gasteiger partial charge on any atom is 0.339 e. The number of carbonyl (C=O) groups excluding carboxylic acids is 2. The standard InChI is InChI=1S/C22H27NO8S2/c1-13-10-32(26,27)11-18-21(33(28,29)15(13)3)20(17-8-6-5-7-9-17)19(14(2)23-18)22(25)31-12-30-16(4)24/h5-9,13,15,20,23H,10-12H2,1-4H3. The molecule has 180 valence electrons. The Balaban J connectivity index is 2.23. The summed E-state index contributed by atoms with van der Waals surface area (Å²) in [7, 11) is -7.63. The van der Waals surface area contributed by atoms with E-state index in [1.807, 2.05) is 0 Å². The minimum absolute atomic E-state index is 0.00787. The van der Waals surface area contributed by atoms with E-state index < -0.39 is 61.2 Å². The van der Waals surface area contributed by atoms with Gasteiger partial charge in [-0.05, 0) is 25.3 Å². The third-order valence-corrected chi connectivity index (χ3v) is 10.2. The van der Waals surface area contributed by atoms with Gasteiger partial charge in [0.15, 0.2) is 19.7 Å². The monoisotopic (exact) mass is 497 g/mol. The van der Waals surface area contributed by atoms with Crippen molar-refractivity contribution in [1.82, 2.24) is 5.32 Å². The molecule has 0 radical (unpaired) electrons. The number of esters is 2. The number of hydrogen-bond acceptors (Lipinski definition) is 9. The molecule has 1 aromatic carbocycles. The Bertz CT molecular complexity index is 1230. The first-order valence-electron chi connectivity index (χ1n) is 10.4. The predicted molar refractivity (Wildman–Crippen MR) is 121 cm³/mol. The van der Waals surface area contributed by atoms with Gasteiger partial charge in [0, 0.05) is 18.3 Å². The van der Waals surface area contributed by atoms with Gasteiger partial charge < -0.3 is 14.8 Å². The Morgan fingerprint density at radius 1 is 1.06 bits per heavy atom. The van der Waals surface area contributed by atoms with E-state index in [9.17, 15) is 26.4 Å². The minimum Gasteiger partial charge on any atom is -0.428 e. The van der Waals surface area contributed by atoms with E-state index in [0.717, 1.165) is 6.92 Å². The molecule has 0 fully saturated rings. The second-order valence-corrected chi connectivity index (χ2v) is 12.7. The second kappa shape index (κ2) is 9.30. The highest BCUT2D eigenvalue weighted by molar-refractivity contribution is 7.96. The predicted octanol–water partition coefficient (Wildman–Crippen LogP) is 1.79. The third kappa shape index (κ3) is 5.14. The molecule has 0 spiro atoms. The van der Waals surface area contributed by atoms with Crippen molar-refractivity contribution in [3.05, 3.63) is 57.8 Å². The number of allylic oxidation sites excluding steroid dienone is 2. The van der Waals surface area contributed by atoms with Crippen molar-refractivity contribution < 1.29 is 35.9 Å². The molecular weight excluding hydrogens is 470 g/mol. The molecule has 3 atom stereocenters. The molecule has 0 aliphatic carbocycles. The molecule has 3 rings (SSSR count). The van der Waals surface area contributed by atoms with Crippen LogP contribution in [0.15, 0.2) is 52.2 Å². The number of nitrogens with one attached hydrogen (secondary N) is 1. The van der Waals surface area contributed by atoms with Crippen LogP contribution >= 0.6 is 0 Å². The van der Waals surface area contributed by atoms with Gasteiger partial charge in [-0.1, -0.05) is 37.3 Å². The van der Waals surface area contributed by atoms with E-state index in [1.165, 1.54) is 6.92 Å². The van der Waals surface area contributed by atoms with Gasteiger partial charge in [0.2, 0.25) is 6.79 Å². The summed E-state index contributed by atoms with van der Waals surface area (Å²) in [6.07, 6.45) is 0. The zero-order chi connectivity index (χ0) is 24.6. The summed E-state index contributed by atoms with van der Waals surface area (Å²) < 4.78 is 62.9. The van der Waals surface area contributed by atoms with E-state index in [0.29, 0.717) is 5.56 Å². The maximum atomic E-state index is 13.8. The van der Waals surface area contributed by atoms with Crippen LogP contribution in [0, 0.1) is 5.92 Å². The largest absolute Gasteiger partial charge is 0.428 e. The highest BCUT2D eigenvalue weighted by Crippen LogP contribution is 2.44. The molecule has 0 amide bonds. The Labute approximate surface area is 193 Å². The van der Waals surface area contributed by atoms with Crippen LogP contribution in [0.2, 0.25) is 0 Å². The van der Waals surface area contributed by atoms with E-state index in [-0.39, 0.29) is 27.6 Å². The molecule has 2 aliphatic heterocycles. The van der Waals surface area contributed by atoms with Crippen LogP contribution in [0.5, 0.6) is 0 Å². The fourth-order valence-corrected chi connectivity index (χ4v) is 8.37. The van der Waals surface area contributed by atoms with Gasteiger partial charge in [-0.3, -0.25) is 4.79 Å². The molecule has 3 unspecified atom stereocenters. The van der Waals surface area contributed by atoms with Crippen LogP contribution in [0.1, 0.15) is 39.2 Å². The number of hydrogen-bond donors (Lipinski definition) is 1. The lowest BCUT2D eigenvalue weighted by atomic mass is 9.86. The average molecular weight is 498 g/mol. The summed E-state index contributed by atoms with van der Waals surface area (Å²) in [6.45, 7) is 5.15. The SMILES string of the molecule is CC(=O)OCOC(=O)C1=C(C)NC2=C(C1c1ccccc1)S(=O)(=O)C(C)C(C)CS(=O)(=O)C2. The summed E-state index contributed by atoms with van der Waals surface area (Å²) in [6, 6.07) is 8.49. The van der Waals surface area contributed by atoms with Crippen molar-refractivity contribution in [2.75, 3.05) is 18.3 Å². The number of ether oxygens (including phenoxy) is 2. The van der Waals surface area contributed by atoms with Gasteiger partial charge in [0.1, 0.15) is 0 Å².